The van der Waals surface area contributed by atoms with Crippen LogP contribution in [0.5, 0.6) is 0 Å². The molecule has 3 nitrogen and oxygen atoms in total. The lowest BCUT2D eigenvalue weighted by Gasteiger charge is -1.92. The first-order valence-corrected chi connectivity index (χ1v) is 4.46. The van der Waals surface area contributed by atoms with E-state index in [0.29, 0.717) is 0 Å². The number of carboxylic acid groups (broad SMARTS) is 1. The maximum atomic E-state index is 10.5. The van der Waals surface area contributed by atoms with Gasteiger partial charge in [-0.05, 0) is 24.6 Å². The topological polar surface area (TPSA) is 53.1 Å². The maximum absolute atomic E-state index is 10.5. The second-order valence-corrected chi connectivity index (χ2v) is 3.40. The van der Waals surface area contributed by atoms with Crippen molar-refractivity contribution in [3.8, 4) is 0 Å². The smallest absolute Gasteiger partial charge is 0.309 e. The summed E-state index contributed by atoms with van der Waals surface area (Å²) < 4.78 is 0. The molecule has 2 aromatic rings. The largest absolute Gasteiger partial charge is 0.481 e. The number of aliphatic carboxylic acids is 1. The van der Waals surface area contributed by atoms with Crippen molar-refractivity contribution in [1.82, 2.24) is 4.98 Å². The molecular weight excluding hydrogens is 178 g/mol. The molecule has 0 amide bonds. The highest BCUT2D eigenvalue weighted by atomic mass is 16.4. The van der Waals surface area contributed by atoms with Crippen LogP contribution in [0.3, 0.4) is 0 Å². The average Bonchev–Trinajstić information content (AvgIpc) is 2.47. The summed E-state index contributed by atoms with van der Waals surface area (Å²) >= 11 is 0. The minimum atomic E-state index is -0.811. The van der Waals surface area contributed by atoms with Gasteiger partial charge >= 0.3 is 5.97 Å². The average molecular weight is 189 g/mol. The van der Waals surface area contributed by atoms with Gasteiger partial charge in [-0.3, -0.25) is 4.79 Å². The van der Waals surface area contributed by atoms with Crippen molar-refractivity contribution in [2.45, 2.75) is 13.3 Å². The van der Waals surface area contributed by atoms with Crippen LogP contribution in [-0.2, 0) is 11.2 Å². The summed E-state index contributed by atoms with van der Waals surface area (Å²) in [6.45, 7) is 2.01. The summed E-state index contributed by atoms with van der Waals surface area (Å²) in [5.41, 5.74) is 2.92. The molecule has 1 heterocycles. The Morgan fingerprint density at radius 2 is 2.29 bits per heavy atom. The Morgan fingerprint density at radius 1 is 1.50 bits per heavy atom. The summed E-state index contributed by atoms with van der Waals surface area (Å²) in [5, 5.41) is 9.74. The van der Waals surface area contributed by atoms with Crippen LogP contribution in [0.15, 0.2) is 24.3 Å². The van der Waals surface area contributed by atoms with Crippen molar-refractivity contribution in [3.05, 3.63) is 35.5 Å². The van der Waals surface area contributed by atoms with E-state index in [1.165, 1.54) is 0 Å². The third-order valence-electron chi connectivity index (χ3n) is 2.28. The molecular formula is C11H11NO2. The Kier molecular flexibility index (Phi) is 2.00. The Morgan fingerprint density at radius 3 is 2.93 bits per heavy atom. The molecule has 1 aromatic carbocycles. The first-order chi connectivity index (χ1) is 6.66. The summed E-state index contributed by atoms with van der Waals surface area (Å²) in [5.74, 6) is -0.811. The quantitative estimate of drug-likeness (QED) is 0.760. The zero-order valence-corrected chi connectivity index (χ0v) is 7.87. The van der Waals surface area contributed by atoms with Crippen LogP contribution in [0.2, 0.25) is 0 Å². The van der Waals surface area contributed by atoms with Crippen molar-refractivity contribution < 1.29 is 9.90 Å². The number of benzene rings is 1. The van der Waals surface area contributed by atoms with E-state index >= 15 is 0 Å². The van der Waals surface area contributed by atoms with Gasteiger partial charge in [0.1, 0.15) is 0 Å². The van der Waals surface area contributed by atoms with Gasteiger partial charge in [0, 0.05) is 16.6 Å². The molecule has 0 unspecified atom stereocenters. The lowest BCUT2D eigenvalue weighted by atomic mass is 10.1. The third-order valence-corrected chi connectivity index (χ3v) is 2.28. The fraction of sp³-hybridized carbons (Fsp3) is 0.182. The van der Waals surface area contributed by atoms with E-state index in [1.54, 1.807) is 0 Å². The monoisotopic (exact) mass is 189 g/mol. The molecule has 0 aliphatic heterocycles. The number of aryl methyl sites for hydroxylation is 1. The molecule has 3 heteroatoms. The van der Waals surface area contributed by atoms with Crippen molar-refractivity contribution >= 4 is 16.9 Å². The predicted molar refractivity (Wildman–Crippen MR) is 54.4 cm³/mol. The summed E-state index contributed by atoms with van der Waals surface area (Å²) in [4.78, 5) is 13.6. The first kappa shape index (κ1) is 8.81. The highest BCUT2D eigenvalue weighted by Gasteiger charge is 2.05. The Hall–Kier alpha value is -1.77. The molecule has 2 N–H and O–H groups in total. The normalized spacial score (nSPS) is 10.6. The van der Waals surface area contributed by atoms with E-state index in [2.05, 4.69) is 4.98 Å². The molecule has 0 aliphatic carbocycles. The number of aromatic amines is 1. The van der Waals surface area contributed by atoms with Crippen molar-refractivity contribution in [1.29, 1.82) is 0 Å². The number of rotatable bonds is 2. The molecule has 0 saturated carbocycles. The molecule has 0 bridgehead atoms. The van der Waals surface area contributed by atoms with Gasteiger partial charge in [0.15, 0.2) is 0 Å². The number of aromatic nitrogens is 1. The lowest BCUT2D eigenvalue weighted by molar-refractivity contribution is -0.136. The second kappa shape index (κ2) is 3.18. The fourth-order valence-electron chi connectivity index (χ4n) is 1.62. The Bertz CT molecular complexity index is 485. The summed E-state index contributed by atoms with van der Waals surface area (Å²) in [7, 11) is 0. The van der Waals surface area contributed by atoms with Gasteiger partial charge in [-0.25, -0.2) is 0 Å². The summed E-state index contributed by atoms with van der Waals surface area (Å²) in [6.07, 6.45) is 0.0497. The second-order valence-electron chi connectivity index (χ2n) is 3.40. The molecule has 14 heavy (non-hydrogen) atoms. The van der Waals surface area contributed by atoms with E-state index in [-0.39, 0.29) is 6.42 Å². The maximum Gasteiger partial charge on any atom is 0.309 e. The highest BCUT2D eigenvalue weighted by Crippen LogP contribution is 2.19. The molecule has 0 spiro atoms. The highest BCUT2D eigenvalue weighted by molar-refractivity contribution is 5.85. The SMILES string of the molecule is Cc1cccc2[nH]c(CC(=O)O)cc12. The van der Waals surface area contributed by atoms with Gasteiger partial charge in [-0.15, -0.1) is 0 Å². The zero-order chi connectivity index (χ0) is 10.1. The lowest BCUT2D eigenvalue weighted by Crippen LogP contribution is -1.99. The molecule has 0 fully saturated rings. The number of carboxylic acids is 1. The molecule has 2 rings (SSSR count). The summed E-state index contributed by atoms with van der Waals surface area (Å²) in [6, 6.07) is 7.83. The van der Waals surface area contributed by atoms with E-state index in [1.807, 2.05) is 31.2 Å². The third kappa shape index (κ3) is 1.48. The minimum absolute atomic E-state index is 0.0497. The van der Waals surface area contributed by atoms with Gasteiger partial charge < -0.3 is 10.1 Å². The van der Waals surface area contributed by atoms with Crippen molar-refractivity contribution in [2.24, 2.45) is 0 Å². The number of H-pyrrole nitrogens is 1. The van der Waals surface area contributed by atoms with E-state index < -0.39 is 5.97 Å². The molecule has 0 radical (unpaired) electrons. The predicted octanol–water partition coefficient (Wildman–Crippen LogP) is 2.10. The molecule has 0 saturated heterocycles. The van der Waals surface area contributed by atoms with Gasteiger partial charge in [0.25, 0.3) is 0 Å². The van der Waals surface area contributed by atoms with Crippen LogP contribution in [0.1, 0.15) is 11.3 Å². The van der Waals surface area contributed by atoms with Crippen LogP contribution in [0.25, 0.3) is 10.9 Å². The minimum Gasteiger partial charge on any atom is -0.481 e. The number of hydrogen-bond donors (Lipinski definition) is 2. The Balaban J connectivity index is 2.51. The number of carbonyl (C=O) groups is 1. The van der Waals surface area contributed by atoms with E-state index in [0.717, 1.165) is 22.2 Å². The Labute approximate surface area is 81.4 Å². The van der Waals surface area contributed by atoms with E-state index in [9.17, 15) is 4.79 Å². The molecule has 0 atom stereocenters. The van der Waals surface area contributed by atoms with Gasteiger partial charge in [0.05, 0.1) is 6.42 Å². The van der Waals surface area contributed by atoms with Crippen molar-refractivity contribution in [2.75, 3.05) is 0 Å². The molecule has 0 aliphatic rings. The number of nitrogens with one attached hydrogen (secondary N) is 1. The van der Waals surface area contributed by atoms with Crippen LogP contribution >= 0.6 is 0 Å². The zero-order valence-electron chi connectivity index (χ0n) is 7.87. The number of hydrogen-bond acceptors (Lipinski definition) is 1. The van der Waals surface area contributed by atoms with Gasteiger partial charge in [0.2, 0.25) is 0 Å². The van der Waals surface area contributed by atoms with Crippen LogP contribution in [0.4, 0.5) is 0 Å². The van der Waals surface area contributed by atoms with Crippen molar-refractivity contribution in [3.63, 3.8) is 0 Å². The van der Waals surface area contributed by atoms with Crippen LogP contribution in [0, 0.1) is 6.92 Å². The van der Waals surface area contributed by atoms with Gasteiger partial charge in [-0.2, -0.15) is 0 Å². The standard InChI is InChI=1S/C11H11NO2/c1-7-3-2-4-10-9(7)5-8(12-10)6-11(13)14/h2-5,12H,6H2,1H3,(H,13,14). The van der Waals surface area contributed by atoms with Gasteiger partial charge in [-0.1, -0.05) is 12.1 Å². The fourth-order valence-corrected chi connectivity index (χ4v) is 1.62. The number of fused-ring (bicyclic) bond motifs is 1. The van der Waals surface area contributed by atoms with Crippen LogP contribution in [-0.4, -0.2) is 16.1 Å². The molecule has 72 valence electrons. The first-order valence-electron chi connectivity index (χ1n) is 4.46. The molecule has 1 aromatic heterocycles. The van der Waals surface area contributed by atoms with Crippen LogP contribution < -0.4 is 0 Å². The van der Waals surface area contributed by atoms with E-state index in [4.69, 9.17) is 5.11 Å².